The summed E-state index contributed by atoms with van der Waals surface area (Å²) in [4.78, 5) is 33.4. The summed E-state index contributed by atoms with van der Waals surface area (Å²) in [5.74, 6) is -2.14. The molecule has 4 aromatic rings. The Morgan fingerprint density at radius 3 is 2.13 bits per heavy atom. The van der Waals surface area contributed by atoms with Gasteiger partial charge < -0.3 is 20.8 Å². The van der Waals surface area contributed by atoms with Crippen molar-refractivity contribution in [2.75, 3.05) is 5.32 Å². The minimum Gasteiger partial charge on any atom is -0.393 e. The Morgan fingerprint density at radius 2 is 1.49 bits per heavy atom. The van der Waals surface area contributed by atoms with Gasteiger partial charge in [-0.1, -0.05) is 104 Å². The Balaban J connectivity index is 1.47. The van der Waals surface area contributed by atoms with Crippen molar-refractivity contribution in [1.82, 2.24) is 10.2 Å². The van der Waals surface area contributed by atoms with E-state index in [4.69, 9.17) is 23.2 Å². The van der Waals surface area contributed by atoms with Gasteiger partial charge in [0.2, 0.25) is 11.8 Å². The molecule has 55 heavy (non-hydrogen) atoms. The van der Waals surface area contributed by atoms with E-state index in [1.54, 1.807) is 18.2 Å². The molecule has 2 spiro atoms. The maximum absolute atomic E-state index is 15.8. The molecule has 2 aliphatic heterocycles. The number of hydrogen-bond acceptors (Lipinski definition) is 5. The Morgan fingerprint density at radius 1 is 0.855 bits per heavy atom. The quantitative estimate of drug-likeness (QED) is 0.150. The van der Waals surface area contributed by atoms with E-state index in [1.807, 2.05) is 66.7 Å². The highest BCUT2D eigenvalue weighted by Gasteiger charge is 2.77. The number of carbonyl (C=O) groups is 2. The number of anilines is 1. The van der Waals surface area contributed by atoms with Gasteiger partial charge in [0.25, 0.3) is 0 Å². The van der Waals surface area contributed by atoms with E-state index in [0.29, 0.717) is 65.9 Å². The Bertz CT molecular complexity index is 2040. The first-order valence-electron chi connectivity index (χ1n) is 19.5. The van der Waals surface area contributed by atoms with Crippen LogP contribution in [-0.4, -0.2) is 50.7 Å². The molecule has 1 unspecified atom stereocenters. The maximum Gasteiger partial charge on any atom is 0.238 e. The molecule has 4 N–H and O–H groups in total. The predicted molar refractivity (Wildman–Crippen MR) is 214 cm³/mol. The normalized spacial score (nSPS) is 28.1. The van der Waals surface area contributed by atoms with E-state index < -0.39 is 47.0 Å². The lowest BCUT2D eigenvalue weighted by molar-refractivity contribution is -0.137. The highest BCUT2D eigenvalue weighted by Crippen LogP contribution is 2.69. The monoisotopic (exact) mass is 783 g/mol. The zero-order valence-electron chi connectivity index (χ0n) is 31.2. The molecule has 4 aromatic carbocycles. The van der Waals surface area contributed by atoms with Crippen LogP contribution in [0.2, 0.25) is 10.0 Å². The average molecular weight is 785 g/mol. The summed E-state index contributed by atoms with van der Waals surface area (Å²) in [5.41, 5.74) is 0.518. The van der Waals surface area contributed by atoms with Crippen LogP contribution in [0.25, 0.3) is 0 Å². The van der Waals surface area contributed by atoms with Crippen molar-refractivity contribution < 1.29 is 24.2 Å². The number of carbonyl (C=O) groups excluding carboxylic acids is 2. The van der Waals surface area contributed by atoms with Crippen LogP contribution in [0.3, 0.4) is 0 Å². The molecule has 0 radical (unpaired) electrons. The molecule has 288 valence electrons. The van der Waals surface area contributed by atoms with Gasteiger partial charge in [-0.3, -0.25) is 14.5 Å². The second-order valence-electron chi connectivity index (χ2n) is 16.9. The summed E-state index contributed by atoms with van der Waals surface area (Å²) in [6.45, 7) is 4.46. The number of likely N-dealkylation sites (tertiary alicyclic amines) is 1. The van der Waals surface area contributed by atoms with Crippen LogP contribution in [0.5, 0.6) is 0 Å². The van der Waals surface area contributed by atoms with E-state index in [1.165, 1.54) is 12.1 Å². The lowest BCUT2D eigenvalue weighted by Crippen LogP contribution is -2.64. The largest absolute Gasteiger partial charge is 0.393 e. The van der Waals surface area contributed by atoms with Gasteiger partial charge in [-0.05, 0) is 109 Å². The van der Waals surface area contributed by atoms with Crippen LogP contribution in [0, 0.1) is 11.2 Å². The first-order chi connectivity index (χ1) is 26.3. The van der Waals surface area contributed by atoms with Gasteiger partial charge in [0, 0.05) is 33.2 Å². The average Bonchev–Trinajstić information content (AvgIpc) is 3.59. The summed E-state index contributed by atoms with van der Waals surface area (Å²) in [7, 11) is 0. The number of aliphatic hydroxyl groups excluding tert-OH is 2. The van der Waals surface area contributed by atoms with E-state index >= 15 is 14.0 Å². The molecule has 2 amide bonds. The van der Waals surface area contributed by atoms with Crippen LogP contribution in [0.4, 0.5) is 10.1 Å². The van der Waals surface area contributed by atoms with Crippen LogP contribution in [-0.2, 0) is 15.0 Å². The number of amides is 2. The van der Waals surface area contributed by atoms with E-state index in [2.05, 4.69) is 29.4 Å². The van der Waals surface area contributed by atoms with Crippen molar-refractivity contribution in [2.24, 2.45) is 5.41 Å². The van der Waals surface area contributed by atoms with Gasteiger partial charge in [0.1, 0.15) is 11.2 Å². The molecule has 3 fully saturated rings. The van der Waals surface area contributed by atoms with Crippen molar-refractivity contribution in [2.45, 2.75) is 112 Å². The van der Waals surface area contributed by atoms with Gasteiger partial charge in [-0.25, -0.2) is 4.39 Å². The summed E-state index contributed by atoms with van der Waals surface area (Å²) in [6, 6.07) is 26.8. The van der Waals surface area contributed by atoms with Crippen molar-refractivity contribution >= 4 is 40.7 Å². The number of nitrogens with one attached hydrogen (secondary N) is 2. The van der Waals surface area contributed by atoms with Gasteiger partial charge in [0.05, 0.1) is 24.3 Å². The minimum atomic E-state index is -1.45. The predicted octanol–water partition coefficient (Wildman–Crippen LogP) is 9.02. The third kappa shape index (κ3) is 6.48. The topological polar surface area (TPSA) is 102 Å². The fourth-order valence-electron chi connectivity index (χ4n) is 10.6. The molecule has 0 aromatic heterocycles. The first kappa shape index (κ1) is 38.1. The smallest absolute Gasteiger partial charge is 0.238 e. The first-order valence-corrected chi connectivity index (χ1v) is 20.2. The van der Waals surface area contributed by atoms with Gasteiger partial charge in [0.15, 0.2) is 0 Å². The second-order valence-corrected chi connectivity index (χ2v) is 17.8. The summed E-state index contributed by atoms with van der Waals surface area (Å²) in [6.07, 6.45) is 3.24. The Labute approximate surface area is 332 Å². The fraction of sp³-hybridized carbons (Fsp3) is 0.422. The molecular weight excluding hydrogens is 736 g/mol. The highest BCUT2D eigenvalue weighted by atomic mass is 35.5. The molecule has 4 aliphatic rings. The number of hydrogen-bond donors (Lipinski definition) is 4. The summed E-state index contributed by atoms with van der Waals surface area (Å²) < 4.78 is 15.8. The fourth-order valence-corrected chi connectivity index (χ4v) is 11.0. The Hall–Kier alpha value is -3.79. The number of benzene rings is 4. The second kappa shape index (κ2) is 14.6. The SMILES string of the molecule is CC1(C)CCC2(CC1)N([C@H](c1ccccc1)[C@@H](O)c1ccccc1)[C@@H](C(=O)NC1CCC(O)CC1)[C@H](c1cc(F)cc(Cl)c1)C21C(=O)Nc2cc(Cl)ccc21. The molecule has 10 heteroatoms. The zero-order valence-corrected chi connectivity index (χ0v) is 32.7. The number of rotatable bonds is 7. The van der Waals surface area contributed by atoms with E-state index in [-0.39, 0.29) is 28.3 Å². The molecule has 2 heterocycles. The molecular formula is C45H48Cl2FN3O4. The number of halogens is 3. The lowest BCUT2D eigenvalue weighted by Gasteiger charge is -2.56. The number of aliphatic hydroxyl groups is 2. The van der Waals surface area contributed by atoms with Gasteiger partial charge >= 0.3 is 0 Å². The molecule has 5 atom stereocenters. The van der Waals surface area contributed by atoms with Crippen molar-refractivity contribution in [3.63, 3.8) is 0 Å². The van der Waals surface area contributed by atoms with Crippen molar-refractivity contribution in [1.29, 1.82) is 0 Å². The maximum atomic E-state index is 15.8. The van der Waals surface area contributed by atoms with Gasteiger partial charge in [-0.15, -0.1) is 0 Å². The zero-order chi connectivity index (χ0) is 38.7. The van der Waals surface area contributed by atoms with Crippen LogP contribution in [0.15, 0.2) is 97.1 Å². The minimum absolute atomic E-state index is 0.0722. The molecule has 0 bridgehead atoms. The lowest BCUT2D eigenvalue weighted by atomic mass is 9.53. The summed E-state index contributed by atoms with van der Waals surface area (Å²) in [5, 5.41) is 30.4. The van der Waals surface area contributed by atoms with Crippen molar-refractivity contribution in [3.05, 3.63) is 135 Å². The summed E-state index contributed by atoms with van der Waals surface area (Å²) >= 11 is 13.3. The third-order valence-electron chi connectivity index (χ3n) is 13.2. The van der Waals surface area contributed by atoms with E-state index in [0.717, 1.165) is 18.4 Å². The standard InChI is InChI=1S/C45H48Cl2FN3O4/c1-43(2)19-21-44(22-20-43)45(35-18-13-30(46)26-36(35)50-42(45)55)37(29-23-31(47)25-32(48)24-29)39(41(54)49-33-14-16-34(52)17-15-33)51(44)38(27-9-5-3-6-10-27)40(53)28-11-7-4-8-12-28/h3-13,18,23-26,33-34,37-40,52-53H,14-17,19-22H2,1-2H3,(H,49,54)(H,50,55)/t33?,34?,37-,38+,39+,40-,45?/m0/s1. The molecule has 1 saturated heterocycles. The van der Waals surface area contributed by atoms with Crippen LogP contribution < -0.4 is 10.6 Å². The molecule has 2 saturated carbocycles. The van der Waals surface area contributed by atoms with Crippen LogP contribution in [0.1, 0.15) is 106 Å². The Kier molecular flexibility index (Phi) is 10.1. The van der Waals surface area contributed by atoms with Gasteiger partial charge in [-0.2, -0.15) is 0 Å². The number of fused-ring (bicyclic) bond motifs is 3. The molecule has 8 rings (SSSR count). The van der Waals surface area contributed by atoms with Crippen molar-refractivity contribution in [3.8, 4) is 0 Å². The third-order valence-corrected chi connectivity index (χ3v) is 13.6. The molecule has 7 nitrogen and oxygen atoms in total. The molecule has 2 aliphatic carbocycles. The number of nitrogens with zero attached hydrogens (tertiary/aromatic N) is 1. The van der Waals surface area contributed by atoms with E-state index in [9.17, 15) is 10.2 Å². The highest BCUT2D eigenvalue weighted by molar-refractivity contribution is 6.31. The van der Waals surface area contributed by atoms with Crippen LogP contribution >= 0.6 is 23.2 Å².